The first-order chi connectivity index (χ1) is 14.7. The fourth-order valence-electron chi connectivity index (χ4n) is 3.29. The summed E-state index contributed by atoms with van der Waals surface area (Å²) in [6.45, 7) is -0.355. The molecule has 1 heterocycles. The van der Waals surface area contributed by atoms with E-state index in [1.54, 1.807) is 6.07 Å². The third kappa shape index (κ3) is 4.55. The third-order valence-corrected chi connectivity index (χ3v) is 4.67. The molecular weight excluding hydrogens is 378 g/mol. The van der Waals surface area contributed by atoms with Gasteiger partial charge in [-0.2, -0.15) is 0 Å². The second-order valence-electron chi connectivity index (χ2n) is 6.81. The molecule has 6 heteroatoms. The minimum Gasteiger partial charge on any atom is -0.482 e. The fraction of sp³-hybridized carbons (Fsp3) is 0.125. The largest absolute Gasteiger partial charge is 0.482 e. The van der Waals surface area contributed by atoms with E-state index in [1.165, 1.54) is 0 Å². The van der Waals surface area contributed by atoms with Crippen molar-refractivity contribution in [3.05, 3.63) is 96.3 Å². The van der Waals surface area contributed by atoms with E-state index in [0.29, 0.717) is 12.2 Å². The molecule has 30 heavy (non-hydrogen) atoms. The van der Waals surface area contributed by atoms with Gasteiger partial charge in [-0.25, -0.2) is 4.79 Å². The maximum Gasteiger partial charge on any atom is 0.341 e. The van der Waals surface area contributed by atoms with Gasteiger partial charge in [0.05, 0.1) is 0 Å². The summed E-state index contributed by atoms with van der Waals surface area (Å²) in [5, 5.41) is 17.7. The lowest BCUT2D eigenvalue weighted by molar-refractivity contribution is -0.139. The topological polar surface area (TPSA) is 77.2 Å². The second kappa shape index (κ2) is 9.05. The summed E-state index contributed by atoms with van der Waals surface area (Å²) in [5.41, 5.74) is 3.06. The van der Waals surface area contributed by atoms with Gasteiger partial charge < -0.3 is 9.84 Å². The van der Waals surface area contributed by atoms with Gasteiger partial charge in [0.15, 0.2) is 12.4 Å². The number of nitrogens with zero attached hydrogens (tertiary/aromatic N) is 3. The Bertz CT molecular complexity index is 1120. The van der Waals surface area contributed by atoms with Crippen molar-refractivity contribution in [2.24, 2.45) is 0 Å². The van der Waals surface area contributed by atoms with E-state index in [9.17, 15) is 4.79 Å². The van der Waals surface area contributed by atoms with Gasteiger partial charge in [-0.1, -0.05) is 60.7 Å². The van der Waals surface area contributed by atoms with Crippen molar-refractivity contribution in [3.63, 3.8) is 0 Å². The maximum absolute atomic E-state index is 10.7. The van der Waals surface area contributed by atoms with Crippen molar-refractivity contribution in [1.29, 1.82) is 0 Å². The number of benzene rings is 3. The van der Waals surface area contributed by atoms with Gasteiger partial charge in [0.1, 0.15) is 11.6 Å². The van der Waals surface area contributed by atoms with Crippen molar-refractivity contribution in [3.8, 4) is 22.8 Å². The monoisotopic (exact) mass is 399 g/mol. The summed E-state index contributed by atoms with van der Waals surface area (Å²) in [4.78, 5) is 10.7. The van der Waals surface area contributed by atoms with Crippen molar-refractivity contribution in [2.45, 2.75) is 12.8 Å². The first kappa shape index (κ1) is 19.4. The summed E-state index contributed by atoms with van der Waals surface area (Å²) in [7, 11) is 0. The number of rotatable bonds is 8. The highest BCUT2D eigenvalue weighted by Gasteiger charge is 2.15. The first-order valence-corrected chi connectivity index (χ1v) is 9.69. The molecule has 4 aromatic rings. The number of para-hydroxylation sites is 1. The van der Waals surface area contributed by atoms with Crippen LogP contribution in [-0.4, -0.2) is 32.4 Å². The van der Waals surface area contributed by atoms with Crippen LogP contribution in [-0.2, 0) is 17.6 Å². The summed E-state index contributed by atoms with van der Waals surface area (Å²) in [5.74, 6) is 1.21. The van der Waals surface area contributed by atoms with Crippen molar-refractivity contribution in [1.82, 2.24) is 14.8 Å². The molecule has 0 aliphatic carbocycles. The number of aryl methyl sites for hydroxylation is 2. The molecule has 0 spiro atoms. The zero-order valence-electron chi connectivity index (χ0n) is 16.3. The molecule has 0 bridgehead atoms. The average Bonchev–Trinajstić information content (AvgIpc) is 3.22. The summed E-state index contributed by atoms with van der Waals surface area (Å²) < 4.78 is 7.37. The predicted molar refractivity (Wildman–Crippen MR) is 114 cm³/mol. The van der Waals surface area contributed by atoms with E-state index in [4.69, 9.17) is 9.84 Å². The average molecular weight is 399 g/mol. The number of hydrogen-bond acceptors (Lipinski definition) is 4. The molecule has 1 aromatic heterocycles. The molecule has 0 saturated heterocycles. The molecule has 3 aromatic carbocycles. The predicted octanol–water partition coefficient (Wildman–Crippen LogP) is 4.18. The summed E-state index contributed by atoms with van der Waals surface area (Å²) in [6, 6.07) is 27.5. The summed E-state index contributed by atoms with van der Waals surface area (Å²) in [6.07, 6.45) is 1.40. The molecule has 150 valence electrons. The Labute approximate surface area is 174 Å². The van der Waals surface area contributed by atoms with Crippen molar-refractivity contribution < 1.29 is 14.6 Å². The SMILES string of the molecule is O=C(O)COc1cccc(CCc2nnc(-c3ccccc3)n2-c2ccccc2)c1. The molecule has 1 N–H and O–H groups in total. The number of carbonyl (C=O) groups is 1. The van der Waals surface area contributed by atoms with Gasteiger partial charge in [-0.15, -0.1) is 10.2 Å². The molecule has 4 rings (SSSR count). The Morgan fingerprint density at radius 1 is 0.867 bits per heavy atom. The first-order valence-electron chi connectivity index (χ1n) is 9.69. The number of carboxylic acids is 1. The van der Waals surface area contributed by atoms with Crippen LogP contribution in [0, 0.1) is 0 Å². The normalized spacial score (nSPS) is 10.7. The molecule has 0 unspecified atom stereocenters. The summed E-state index contributed by atoms with van der Waals surface area (Å²) >= 11 is 0. The Balaban J connectivity index is 1.60. The Kier molecular flexibility index (Phi) is 5.85. The highest BCUT2D eigenvalue weighted by molar-refractivity contribution is 5.68. The molecule has 0 amide bonds. The van der Waals surface area contributed by atoms with E-state index in [1.807, 2.05) is 78.9 Å². The molecular formula is C24H21N3O3. The Morgan fingerprint density at radius 2 is 1.60 bits per heavy atom. The lowest BCUT2D eigenvalue weighted by Gasteiger charge is -2.11. The van der Waals surface area contributed by atoms with Crippen LogP contribution in [0.25, 0.3) is 17.1 Å². The molecule has 0 fully saturated rings. The third-order valence-electron chi connectivity index (χ3n) is 4.67. The van der Waals surface area contributed by atoms with Crippen LogP contribution in [0.2, 0.25) is 0 Å². The van der Waals surface area contributed by atoms with Crippen molar-refractivity contribution >= 4 is 5.97 Å². The van der Waals surface area contributed by atoms with E-state index in [-0.39, 0.29) is 6.61 Å². The van der Waals surface area contributed by atoms with E-state index in [0.717, 1.165) is 34.9 Å². The van der Waals surface area contributed by atoms with Crippen LogP contribution < -0.4 is 4.74 Å². The highest BCUT2D eigenvalue weighted by atomic mass is 16.5. The molecule has 0 aliphatic rings. The zero-order valence-corrected chi connectivity index (χ0v) is 16.3. The van der Waals surface area contributed by atoms with Crippen molar-refractivity contribution in [2.75, 3.05) is 6.61 Å². The van der Waals surface area contributed by atoms with Crippen LogP contribution in [0.15, 0.2) is 84.9 Å². The van der Waals surface area contributed by atoms with Gasteiger partial charge >= 0.3 is 5.97 Å². The number of hydrogen-bond donors (Lipinski definition) is 1. The van der Waals surface area contributed by atoms with Gasteiger partial charge in [0.2, 0.25) is 0 Å². The quantitative estimate of drug-likeness (QED) is 0.481. The number of ether oxygens (including phenoxy) is 1. The van der Waals surface area contributed by atoms with Gasteiger partial charge in [0, 0.05) is 17.7 Å². The van der Waals surface area contributed by atoms with Crippen LogP contribution in [0.4, 0.5) is 0 Å². The van der Waals surface area contributed by atoms with Crippen LogP contribution in [0.5, 0.6) is 5.75 Å². The molecule has 0 aliphatic heterocycles. The fourth-order valence-corrected chi connectivity index (χ4v) is 3.29. The van der Waals surface area contributed by atoms with E-state index >= 15 is 0 Å². The molecule has 0 atom stereocenters. The van der Waals surface area contributed by atoms with Crippen LogP contribution in [0.1, 0.15) is 11.4 Å². The van der Waals surface area contributed by atoms with Gasteiger partial charge in [-0.3, -0.25) is 4.57 Å². The smallest absolute Gasteiger partial charge is 0.341 e. The Morgan fingerprint density at radius 3 is 2.33 bits per heavy atom. The zero-order chi connectivity index (χ0) is 20.8. The van der Waals surface area contributed by atoms with E-state index in [2.05, 4.69) is 14.8 Å². The van der Waals surface area contributed by atoms with E-state index < -0.39 is 5.97 Å². The lowest BCUT2D eigenvalue weighted by Crippen LogP contribution is -2.09. The molecule has 6 nitrogen and oxygen atoms in total. The highest BCUT2D eigenvalue weighted by Crippen LogP contribution is 2.24. The maximum atomic E-state index is 10.7. The number of carboxylic acid groups (broad SMARTS) is 1. The lowest BCUT2D eigenvalue weighted by atomic mass is 10.1. The second-order valence-corrected chi connectivity index (χ2v) is 6.81. The number of aromatic nitrogens is 3. The number of aliphatic carboxylic acids is 1. The minimum atomic E-state index is -0.996. The standard InChI is InChI=1S/C24H21N3O3/c28-23(29)17-30-21-13-7-8-18(16-21)14-15-22-25-26-24(19-9-3-1-4-10-19)27(22)20-11-5-2-6-12-20/h1-13,16H,14-15,17H2,(H,28,29). The Hall–Kier alpha value is -3.93. The minimum absolute atomic E-state index is 0.355. The van der Waals surface area contributed by atoms with Gasteiger partial charge in [-0.05, 0) is 36.2 Å². The van der Waals surface area contributed by atoms with Gasteiger partial charge in [0.25, 0.3) is 0 Å². The molecule has 0 saturated carbocycles. The van der Waals surface area contributed by atoms with Crippen LogP contribution in [0.3, 0.4) is 0 Å². The molecule has 0 radical (unpaired) electrons. The van der Waals surface area contributed by atoms with Crippen LogP contribution >= 0.6 is 0 Å².